The number of amides is 2. The number of benzene rings is 1. The van der Waals surface area contributed by atoms with Crippen molar-refractivity contribution in [1.82, 2.24) is 14.9 Å². The van der Waals surface area contributed by atoms with Crippen LogP contribution >= 0.6 is 11.3 Å². The molecule has 0 unspecified atom stereocenters. The average Bonchev–Trinajstić information content (AvgIpc) is 3.21. The minimum Gasteiger partial charge on any atom is -0.486 e. The van der Waals surface area contributed by atoms with Crippen LogP contribution in [0.1, 0.15) is 21.1 Å². The second-order valence-corrected chi connectivity index (χ2v) is 8.51. The van der Waals surface area contributed by atoms with Crippen molar-refractivity contribution in [2.24, 2.45) is 0 Å². The number of anilines is 2. The van der Waals surface area contributed by atoms with Gasteiger partial charge in [0.05, 0.1) is 12.2 Å². The minimum atomic E-state index is -0.285. The zero-order valence-corrected chi connectivity index (χ0v) is 18.0. The summed E-state index contributed by atoms with van der Waals surface area (Å²) < 4.78 is 11.1. The Morgan fingerprint density at radius 3 is 2.81 bits per heavy atom. The fraction of sp³-hybridized carbons (Fsp3) is 0.273. The normalized spacial score (nSPS) is 15.0. The third-order valence-corrected chi connectivity index (χ3v) is 6.12. The van der Waals surface area contributed by atoms with Gasteiger partial charge in [0.2, 0.25) is 5.91 Å². The Morgan fingerprint density at radius 1 is 1.09 bits per heavy atom. The first-order chi connectivity index (χ1) is 15.6. The molecular weight excluding hydrogens is 430 g/mol. The highest BCUT2D eigenvalue weighted by molar-refractivity contribution is 7.15. The molecule has 3 aromatic rings. The van der Waals surface area contributed by atoms with Crippen LogP contribution in [-0.2, 0) is 17.8 Å². The topological polar surface area (TPSA) is 106 Å². The summed E-state index contributed by atoms with van der Waals surface area (Å²) >= 11 is 1.43. The monoisotopic (exact) mass is 451 g/mol. The number of carbonyl (C=O) groups is 2. The molecule has 0 saturated carbocycles. The van der Waals surface area contributed by atoms with Crippen molar-refractivity contribution < 1.29 is 19.1 Å². The molecule has 32 heavy (non-hydrogen) atoms. The van der Waals surface area contributed by atoms with E-state index in [9.17, 15) is 9.59 Å². The van der Waals surface area contributed by atoms with E-state index in [2.05, 4.69) is 25.5 Å². The molecule has 9 nitrogen and oxygen atoms in total. The number of hydrogen-bond acceptors (Lipinski definition) is 8. The lowest BCUT2D eigenvalue weighted by atomic mass is 10.2. The highest BCUT2D eigenvalue weighted by atomic mass is 32.1. The second kappa shape index (κ2) is 8.93. The molecule has 0 spiro atoms. The average molecular weight is 452 g/mol. The number of fused-ring (bicyclic) bond motifs is 2. The number of pyridine rings is 1. The molecule has 0 saturated heterocycles. The van der Waals surface area contributed by atoms with Gasteiger partial charge in [0.25, 0.3) is 5.91 Å². The molecule has 164 valence electrons. The summed E-state index contributed by atoms with van der Waals surface area (Å²) in [5, 5.41) is 6.28. The number of hydrogen-bond donors (Lipinski definition) is 2. The molecule has 4 heterocycles. The molecule has 5 rings (SSSR count). The maximum Gasteiger partial charge on any atom is 0.276 e. The Balaban J connectivity index is 1.17. The van der Waals surface area contributed by atoms with E-state index >= 15 is 0 Å². The quantitative estimate of drug-likeness (QED) is 0.614. The van der Waals surface area contributed by atoms with E-state index < -0.39 is 0 Å². The molecule has 0 radical (unpaired) electrons. The first-order valence-corrected chi connectivity index (χ1v) is 11.1. The molecule has 0 fully saturated rings. The highest BCUT2D eigenvalue weighted by Crippen LogP contribution is 2.33. The zero-order valence-electron chi connectivity index (χ0n) is 17.2. The van der Waals surface area contributed by atoms with Crippen LogP contribution in [0.5, 0.6) is 11.5 Å². The van der Waals surface area contributed by atoms with Crippen LogP contribution in [0.15, 0.2) is 42.6 Å². The number of nitrogens with one attached hydrogen (secondary N) is 2. The van der Waals surface area contributed by atoms with Crippen LogP contribution in [0.2, 0.25) is 0 Å². The van der Waals surface area contributed by atoms with E-state index in [4.69, 9.17) is 9.47 Å². The van der Waals surface area contributed by atoms with Gasteiger partial charge in [-0.3, -0.25) is 24.8 Å². The van der Waals surface area contributed by atoms with Gasteiger partial charge >= 0.3 is 0 Å². The van der Waals surface area contributed by atoms with E-state index in [1.165, 1.54) is 11.3 Å². The molecule has 1 aromatic carbocycles. The van der Waals surface area contributed by atoms with Crippen LogP contribution < -0.4 is 20.1 Å². The van der Waals surface area contributed by atoms with Gasteiger partial charge in [-0.2, -0.15) is 0 Å². The number of carbonyl (C=O) groups excluding carboxylic acids is 2. The van der Waals surface area contributed by atoms with Crippen molar-refractivity contribution >= 4 is 34.0 Å². The van der Waals surface area contributed by atoms with Crippen LogP contribution in [0.25, 0.3) is 0 Å². The zero-order chi connectivity index (χ0) is 21.9. The predicted molar refractivity (Wildman–Crippen MR) is 119 cm³/mol. The Labute approximate surface area is 188 Å². The Bertz CT molecular complexity index is 1150. The Morgan fingerprint density at radius 2 is 1.97 bits per heavy atom. The number of nitrogens with zero attached hydrogens (tertiary/aromatic N) is 3. The van der Waals surface area contributed by atoms with E-state index in [1.807, 2.05) is 0 Å². The fourth-order valence-electron chi connectivity index (χ4n) is 3.62. The molecule has 2 aliphatic rings. The van der Waals surface area contributed by atoms with Gasteiger partial charge in [0.15, 0.2) is 16.6 Å². The third-order valence-electron chi connectivity index (χ3n) is 5.12. The lowest BCUT2D eigenvalue weighted by Gasteiger charge is -2.25. The van der Waals surface area contributed by atoms with Gasteiger partial charge in [-0.25, -0.2) is 4.98 Å². The molecular formula is C22H21N5O4S. The van der Waals surface area contributed by atoms with Gasteiger partial charge in [0, 0.05) is 42.3 Å². The van der Waals surface area contributed by atoms with E-state index in [1.54, 1.807) is 42.6 Å². The summed E-state index contributed by atoms with van der Waals surface area (Å²) in [6.45, 7) is 2.63. The van der Waals surface area contributed by atoms with Crippen LogP contribution in [-0.4, -0.2) is 53.0 Å². The van der Waals surface area contributed by atoms with Gasteiger partial charge in [-0.05, 0) is 24.3 Å². The van der Waals surface area contributed by atoms with Gasteiger partial charge < -0.3 is 14.8 Å². The van der Waals surface area contributed by atoms with Gasteiger partial charge in [-0.1, -0.05) is 6.07 Å². The molecule has 2 aromatic heterocycles. The number of aromatic nitrogens is 2. The van der Waals surface area contributed by atoms with Crippen molar-refractivity contribution in [1.29, 1.82) is 0 Å². The van der Waals surface area contributed by atoms with Gasteiger partial charge in [-0.15, -0.1) is 11.3 Å². The summed E-state index contributed by atoms with van der Waals surface area (Å²) in [7, 11) is 0. The Hall–Kier alpha value is -3.50. The van der Waals surface area contributed by atoms with Crippen molar-refractivity contribution in [3.05, 3.63) is 58.9 Å². The maximum absolute atomic E-state index is 12.6. The number of rotatable bonds is 5. The fourth-order valence-corrected chi connectivity index (χ4v) is 4.67. The van der Waals surface area contributed by atoms with E-state index in [0.717, 1.165) is 23.5 Å². The smallest absolute Gasteiger partial charge is 0.276 e. The first-order valence-electron chi connectivity index (χ1n) is 10.3. The van der Waals surface area contributed by atoms with Gasteiger partial charge in [0.1, 0.15) is 18.9 Å². The van der Waals surface area contributed by atoms with Crippen LogP contribution in [0.3, 0.4) is 0 Å². The molecule has 0 atom stereocenters. The SMILES string of the molecule is O=C(CN1CCc2nc(NC(=O)c3ccccn3)sc2C1)Nc1ccc2c(c1)OCCO2. The van der Waals surface area contributed by atoms with Crippen molar-refractivity contribution in [2.45, 2.75) is 13.0 Å². The van der Waals surface area contributed by atoms with Crippen molar-refractivity contribution in [3.8, 4) is 11.5 Å². The molecule has 10 heteroatoms. The molecule has 2 amide bonds. The summed E-state index contributed by atoms with van der Waals surface area (Å²) in [5.41, 5.74) is 1.99. The number of thiazole rings is 1. The first kappa shape index (κ1) is 20.4. The van der Waals surface area contributed by atoms with Crippen molar-refractivity contribution in [2.75, 3.05) is 36.9 Å². The second-order valence-electron chi connectivity index (χ2n) is 7.43. The summed E-state index contributed by atoms with van der Waals surface area (Å²) in [6.07, 6.45) is 2.30. The van der Waals surface area contributed by atoms with Crippen LogP contribution in [0, 0.1) is 0 Å². The molecule has 2 N–H and O–H groups in total. The summed E-state index contributed by atoms with van der Waals surface area (Å²) in [5.74, 6) is 0.946. The van der Waals surface area contributed by atoms with Crippen LogP contribution in [0.4, 0.5) is 10.8 Å². The maximum atomic E-state index is 12.6. The third kappa shape index (κ3) is 4.56. The standard InChI is InChI=1S/C22H21N5O4S/c28-20(24-14-4-5-17-18(11-14)31-10-9-30-17)13-27-8-6-15-19(12-27)32-22(25-15)26-21(29)16-3-1-2-7-23-16/h1-5,7,11H,6,8-10,12-13H2,(H,24,28)(H,25,26,29). The van der Waals surface area contributed by atoms with E-state index in [-0.39, 0.29) is 18.4 Å². The lowest BCUT2D eigenvalue weighted by molar-refractivity contribution is -0.117. The minimum absolute atomic E-state index is 0.0988. The van der Waals surface area contributed by atoms with E-state index in [0.29, 0.717) is 47.8 Å². The number of ether oxygens (including phenoxy) is 2. The summed E-state index contributed by atoms with van der Waals surface area (Å²) in [4.78, 5) is 36.6. The van der Waals surface area contributed by atoms with Crippen molar-refractivity contribution in [3.63, 3.8) is 0 Å². The Kier molecular flexibility index (Phi) is 5.70. The molecule has 0 aliphatic carbocycles. The largest absolute Gasteiger partial charge is 0.486 e. The lowest BCUT2D eigenvalue weighted by Crippen LogP contribution is -2.36. The summed E-state index contributed by atoms with van der Waals surface area (Å²) in [6, 6.07) is 10.6. The predicted octanol–water partition coefficient (Wildman–Crippen LogP) is 2.56. The molecule has 0 bridgehead atoms. The highest BCUT2D eigenvalue weighted by Gasteiger charge is 2.23. The molecule has 2 aliphatic heterocycles.